The molecular formula is C20H28N2O3. The van der Waals surface area contributed by atoms with Crippen molar-refractivity contribution in [2.24, 2.45) is 5.73 Å². The van der Waals surface area contributed by atoms with Crippen LogP contribution < -0.4 is 5.73 Å². The summed E-state index contributed by atoms with van der Waals surface area (Å²) in [6.45, 7) is 6.56. The van der Waals surface area contributed by atoms with Gasteiger partial charge in [0.1, 0.15) is 0 Å². The van der Waals surface area contributed by atoms with Crippen molar-refractivity contribution in [1.29, 1.82) is 0 Å². The van der Waals surface area contributed by atoms with E-state index in [1.807, 2.05) is 49.2 Å². The fourth-order valence-corrected chi connectivity index (χ4v) is 2.53. The first-order valence-corrected chi connectivity index (χ1v) is 8.54. The zero-order valence-electron chi connectivity index (χ0n) is 15.2. The summed E-state index contributed by atoms with van der Waals surface area (Å²) in [5.74, 6) is -0.404. The van der Waals surface area contributed by atoms with Crippen molar-refractivity contribution in [1.82, 2.24) is 5.06 Å². The molecule has 1 saturated heterocycles. The zero-order chi connectivity index (χ0) is 18.7. The zero-order valence-corrected chi connectivity index (χ0v) is 15.2. The molecule has 3 rings (SSSR count). The highest BCUT2D eigenvalue weighted by Crippen LogP contribution is 2.22. The molecule has 2 aromatic carbocycles. The maximum Gasteiger partial charge on any atom is 0.248 e. The second-order valence-corrected chi connectivity index (χ2v) is 5.20. The number of rotatable bonds is 4. The van der Waals surface area contributed by atoms with E-state index in [1.54, 1.807) is 6.07 Å². The second kappa shape index (κ2) is 11.4. The second-order valence-electron chi connectivity index (χ2n) is 5.20. The molecule has 0 aromatic heterocycles. The lowest BCUT2D eigenvalue weighted by atomic mass is 10.0. The average molecular weight is 344 g/mol. The average Bonchev–Trinajstić information content (AvgIpc) is 3.18. The number of hydroxylamine groups is 2. The van der Waals surface area contributed by atoms with E-state index in [0.29, 0.717) is 5.56 Å². The van der Waals surface area contributed by atoms with Crippen molar-refractivity contribution in [2.75, 3.05) is 20.3 Å². The molecule has 5 nitrogen and oxygen atoms in total. The summed E-state index contributed by atoms with van der Waals surface area (Å²) >= 11 is 0. The highest BCUT2D eigenvalue weighted by Gasteiger charge is 2.13. The molecule has 3 N–H and O–H groups in total. The van der Waals surface area contributed by atoms with Crippen molar-refractivity contribution >= 4 is 5.91 Å². The van der Waals surface area contributed by atoms with Gasteiger partial charge in [-0.2, -0.15) is 5.06 Å². The van der Waals surface area contributed by atoms with Crippen molar-refractivity contribution in [3.63, 3.8) is 0 Å². The van der Waals surface area contributed by atoms with Crippen LogP contribution >= 0.6 is 0 Å². The molecule has 1 heterocycles. The Bertz CT molecular complexity index is 653. The molecule has 25 heavy (non-hydrogen) atoms. The third-order valence-electron chi connectivity index (χ3n) is 3.59. The van der Waals surface area contributed by atoms with Crippen LogP contribution in [0.4, 0.5) is 0 Å². The molecule has 1 aliphatic heterocycles. The van der Waals surface area contributed by atoms with Gasteiger partial charge >= 0.3 is 0 Å². The van der Waals surface area contributed by atoms with Crippen LogP contribution in [0.1, 0.15) is 36.2 Å². The molecule has 2 aromatic rings. The van der Waals surface area contributed by atoms with Gasteiger partial charge in [-0.3, -0.25) is 9.63 Å². The molecule has 1 aliphatic rings. The summed E-state index contributed by atoms with van der Waals surface area (Å²) < 4.78 is 0. The predicted octanol–water partition coefficient (Wildman–Crippen LogP) is 3.22. The molecule has 0 spiro atoms. The molecule has 0 unspecified atom stereocenters. The van der Waals surface area contributed by atoms with Gasteiger partial charge in [0.15, 0.2) is 0 Å². The largest absolute Gasteiger partial charge is 0.400 e. The Labute approximate surface area is 150 Å². The minimum atomic E-state index is -0.404. The molecule has 1 fully saturated rings. The summed E-state index contributed by atoms with van der Waals surface area (Å²) in [6.07, 6.45) is 1.08. The van der Waals surface area contributed by atoms with E-state index in [4.69, 9.17) is 15.7 Å². The van der Waals surface area contributed by atoms with Gasteiger partial charge in [-0.05, 0) is 41.3 Å². The Morgan fingerprint density at radius 3 is 2.36 bits per heavy atom. The van der Waals surface area contributed by atoms with E-state index >= 15 is 0 Å². The highest BCUT2D eigenvalue weighted by atomic mass is 16.7. The van der Waals surface area contributed by atoms with E-state index < -0.39 is 5.91 Å². The molecular weight excluding hydrogens is 316 g/mol. The van der Waals surface area contributed by atoms with Crippen LogP contribution in [-0.4, -0.2) is 36.3 Å². The third kappa shape index (κ3) is 6.31. The quantitative estimate of drug-likeness (QED) is 0.893. The number of carbonyl (C=O) groups is 1. The number of benzene rings is 2. The van der Waals surface area contributed by atoms with Crippen molar-refractivity contribution in [3.8, 4) is 11.1 Å². The van der Waals surface area contributed by atoms with Gasteiger partial charge in [-0.1, -0.05) is 44.2 Å². The van der Waals surface area contributed by atoms with Gasteiger partial charge in [0, 0.05) is 25.8 Å². The van der Waals surface area contributed by atoms with Gasteiger partial charge < -0.3 is 10.8 Å². The van der Waals surface area contributed by atoms with E-state index in [1.165, 1.54) is 5.56 Å². The number of aliphatic hydroxyl groups excluding tert-OH is 1. The summed E-state index contributed by atoms with van der Waals surface area (Å²) in [5.41, 5.74) is 9.13. The Kier molecular flexibility index (Phi) is 9.47. The van der Waals surface area contributed by atoms with E-state index in [2.05, 4.69) is 12.1 Å². The van der Waals surface area contributed by atoms with E-state index in [-0.39, 0.29) is 0 Å². The van der Waals surface area contributed by atoms with Gasteiger partial charge in [0.2, 0.25) is 5.91 Å². The van der Waals surface area contributed by atoms with Crippen LogP contribution in [0.5, 0.6) is 0 Å². The fraction of sp³-hybridized carbons (Fsp3) is 0.350. The minimum Gasteiger partial charge on any atom is -0.400 e. The first-order chi connectivity index (χ1) is 12.2. The number of aliphatic hydroxyl groups is 1. The Morgan fingerprint density at radius 1 is 1.12 bits per heavy atom. The van der Waals surface area contributed by atoms with Crippen LogP contribution in [-0.2, 0) is 11.4 Å². The van der Waals surface area contributed by atoms with Crippen molar-refractivity contribution in [3.05, 3.63) is 59.7 Å². The summed E-state index contributed by atoms with van der Waals surface area (Å²) in [5, 5.41) is 8.99. The third-order valence-corrected chi connectivity index (χ3v) is 3.59. The number of hydrogen-bond acceptors (Lipinski definition) is 4. The van der Waals surface area contributed by atoms with Crippen molar-refractivity contribution < 1.29 is 14.7 Å². The Hall–Kier alpha value is -2.21. The Morgan fingerprint density at radius 2 is 1.76 bits per heavy atom. The van der Waals surface area contributed by atoms with E-state index in [9.17, 15) is 4.79 Å². The molecule has 1 amide bonds. The standard InChI is InChI=1S/C17H18N2O2.C2H6.CH4O/c18-17(20)16-7-2-6-15(11-16)14-5-1-4-13(10-14)12-19-8-3-9-21-19;2*1-2/h1-2,4-7,10-11H,3,8-9,12H2,(H2,18,20);1-2H3;2H,1H3. The first kappa shape index (κ1) is 20.8. The predicted molar refractivity (Wildman–Crippen MR) is 101 cm³/mol. The normalized spacial score (nSPS) is 13.3. The number of nitrogens with two attached hydrogens (primary N) is 1. The lowest BCUT2D eigenvalue weighted by Gasteiger charge is -2.14. The lowest BCUT2D eigenvalue weighted by Crippen LogP contribution is -2.16. The Balaban J connectivity index is 0.000000730. The van der Waals surface area contributed by atoms with Gasteiger partial charge in [0.25, 0.3) is 0 Å². The van der Waals surface area contributed by atoms with Crippen LogP contribution in [0.3, 0.4) is 0 Å². The van der Waals surface area contributed by atoms with Crippen LogP contribution in [0.25, 0.3) is 11.1 Å². The molecule has 0 aliphatic carbocycles. The maximum absolute atomic E-state index is 11.3. The molecule has 0 radical (unpaired) electrons. The van der Waals surface area contributed by atoms with Crippen LogP contribution in [0, 0.1) is 0 Å². The van der Waals surface area contributed by atoms with Crippen LogP contribution in [0.15, 0.2) is 48.5 Å². The maximum atomic E-state index is 11.3. The van der Waals surface area contributed by atoms with Gasteiger partial charge in [-0.15, -0.1) is 0 Å². The number of nitrogens with zero attached hydrogens (tertiary/aromatic N) is 1. The van der Waals surface area contributed by atoms with E-state index in [0.717, 1.165) is 44.4 Å². The SMILES string of the molecule is CC.CO.NC(=O)c1cccc(-c2cccc(CN3CCCO3)c2)c1. The minimum absolute atomic E-state index is 0.404. The monoisotopic (exact) mass is 344 g/mol. The fourth-order valence-electron chi connectivity index (χ4n) is 2.53. The molecule has 0 bridgehead atoms. The molecule has 0 atom stereocenters. The van der Waals surface area contributed by atoms with Crippen molar-refractivity contribution in [2.45, 2.75) is 26.8 Å². The summed E-state index contributed by atoms with van der Waals surface area (Å²) in [6, 6.07) is 15.7. The topological polar surface area (TPSA) is 75.8 Å². The first-order valence-electron chi connectivity index (χ1n) is 8.54. The van der Waals surface area contributed by atoms with Gasteiger partial charge in [-0.25, -0.2) is 0 Å². The van der Waals surface area contributed by atoms with Crippen LogP contribution in [0.2, 0.25) is 0 Å². The lowest BCUT2D eigenvalue weighted by molar-refractivity contribution is -0.117. The number of hydrogen-bond donors (Lipinski definition) is 2. The summed E-state index contributed by atoms with van der Waals surface area (Å²) in [7, 11) is 1.00. The number of primary amides is 1. The van der Waals surface area contributed by atoms with Gasteiger partial charge in [0.05, 0.1) is 6.61 Å². The number of carbonyl (C=O) groups excluding carboxylic acids is 1. The molecule has 136 valence electrons. The highest BCUT2D eigenvalue weighted by molar-refractivity contribution is 5.94. The molecule has 5 heteroatoms. The smallest absolute Gasteiger partial charge is 0.248 e. The number of amides is 1. The summed E-state index contributed by atoms with van der Waals surface area (Å²) in [4.78, 5) is 16.8. The molecule has 0 saturated carbocycles.